The summed E-state index contributed by atoms with van der Waals surface area (Å²) in [6, 6.07) is 16.9. The lowest BCUT2D eigenvalue weighted by Gasteiger charge is -2.31. The fourth-order valence-electron chi connectivity index (χ4n) is 5.44. The lowest BCUT2D eigenvalue weighted by Crippen LogP contribution is -2.38. The van der Waals surface area contributed by atoms with E-state index in [0.717, 1.165) is 29.7 Å². The van der Waals surface area contributed by atoms with Crippen molar-refractivity contribution in [2.45, 2.75) is 52.1 Å². The molecule has 178 valence electrons. The number of hydrogen-bond donors (Lipinski definition) is 1. The van der Waals surface area contributed by atoms with E-state index >= 15 is 0 Å². The Labute approximate surface area is 209 Å². The van der Waals surface area contributed by atoms with Crippen molar-refractivity contribution in [1.82, 2.24) is 9.47 Å². The van der Waals surface area contributed by atoms with Gasteiger partial charge in [-0.05, 0) is 80.5 Å². The Kier molecular flexibility index (Phi) is 5.49. The number of fused-ring (bicyclic) bond motifs is 5. The van der Waals surface area contributed by atoms with Crippen molar-refractivity contribution in [3.8, 4) is 5.00 Å². The smallest absolute Gasteiger partial charge is 0.310 e. The molecule has 3 heterocycles. The minimum Gasteiger partial charge on any atom is -0.310 e. The van der Waals surface area contributed by atoms with Crippen molar-refractivity contribution in [2.75, 3.05) is 5.32 Å². The van der Waals surface area contributed by atoms with Gasteiger partial charge in [-0.3, -0.25) is 0 Å². The van der Waals surface area contributed by atoms with Crippen molar-refractivity contribution in [2.24, 2.45) is 0 Å². The van der Waals surface area contributed by atoms with Crippen molar-refractivity contribution >= 4 is 23.1 Å². The first-order valence-electron chi connectivity index (χ1n) is 12.2. The third kappa shape index (κ3) is 3.86. The van der Waals surface area contributed by atoms with Crippen LogP contribution in [0.25, 0.3) is 5.00 Å². The van der Waals surface area contributed by atoms with Gasteiger partial charge in [0.15, 0.2) is 0 Å². The van der Waals surface area contributed by atoms with Gasteiger partial charge in [0.05, 0.1) is 18.3 Å². The number of thiophene rings is 1. The SMILES string of the molecule is Cc1cccc(C2c3cccn3-c3sc4c(c3CN2C(=O)Nc2ccc(C)c(F)c2)CCCC4)c1. The van der Waals surface area contributed by atoms with Crippen LogP contribution >= 0.6 is 11.3 Å². The summed E-state index contributed by atoms with van der Waals surface area (Å²) in [5.74, 6) is -0.322. The molecule has 2 amide bonds. The van der Waals surface area contributed by atoms with E-state index in [4.69, 9.17) is 0 Å². The minimum atomic E-state index is -0.322. The first kappa shape index (κ1) is 22.1. The van der Waals surface area contributed by atoms with E-state index in [-0.39, 0.29) is 17.9 Å². The Morgan fingerprint density at radius 3 is 2.71 bits per heavy atom. The van der Waals surface area contributed by atoms with Gasteiger partial charge in [0.25, 0.3) is 0 Å². The van der Waals surface area contributed by atoms with E-state index in [1.807, 2.05) is 22.3 Å². The number of nitrogens with one attached hydrogen (secondary N) is 1. The second kappa shape index (κ2) is 8.68. The molecule has 0 saturated carbocycles. The zero-order chi connectivity index (χ0) is 24.1. The highest BCUT2D eigenvalue weighted by molar-refractivity contribution is 7.15. The summed E-state index contributed by atoms with van der Waals surface area (Å²) >= 11 is 1.88. The molecule has 0 spiro atoms. The number of halogens is 1. The Hall–Kier alpha value is -3.38. The molecular weight excluding hydrogens is 457 g/mol. The summed E-state index contributed by atoms with van der Waals surface area (Å²) in [4.78, 5) is 17.3. The number of amides is 2. The maximum Gasteiger partial charge on any atom is 0.322 e. The molecule has 4 nitrogen and oxygen atoms in total. The molecule has 0 bridgehead atoms. The van der Waals surface area contributed by atoms with Crippen LogP contribution in [0.15, 0.2) is 60.8 Å². The van der Waals surface area contributed by atoms with Crippen LogP contribution in [-0.2, 0) is 19.4 Å². The first-order valence-corrected chi connectivity index (χ1v) is 13.0. The van der Waals surface area contributed by atoms with Crippen LogP contribution in [0.4, 0.5) is 14.9 Å². The topological polar surface area (TPSA) is 37.3 Å². The van der Waals surface area contributed by atoms with E-state index in [2.05, 4.69) is 53.3 Å². The van der Waals surface area contributed by atoms with Crippen LogP contribution in [-0.4, -0.2) is 15.5 Å². The summed E-state index contributed by atoms with van der Waals surface area (Å²) < 4.78 is 16.5. The van der Waals surface area contributed by atoms with Crippen LogP contribution in [0.2, 0.25) is 0 Å². The predicted octanol–water partition coefficient (Wildman–Crippen LogP) is 7.31. The normalized spacial score (nSPS) is 16.8. The number of nitrogens with zero attached hydrogens (tertiary/aromatic N) is 2. The van der Waals surface area contributed by atoms with Gasteiger partial charge in [0.2, 0.25) is 0 Å². The van der Waals surface area contributed by atoms with Crippen molar-refractivity contribution in [3.63, 3.8) is 0 Å². The number of aryl methyl sites for hydroxylation is 3. The first-order chi connectivity index (χ1) is 17.0. The van der Waals surface area contributed by atoms with Gasteiger partial charge in [-0.15, -0.1) is 11.3 Å². The van der Waals surface area contributed by atoms with Crippen LogP contribution in [0.5, 0.6) is 0 Å². The molecular formula is C29H28FN3OS. The number of aromatic nitrogens is 1. The van der Waals surface area contributed by atoms with E-state index in [9.17, 15) is 9.18 Å². The largest absolute Gasteiger partial charge is 0.322 e. The second-order valence-electron chi connectivity index (χ2n) is 9.64. The Balaban J connectivity index is 1.49. The number of carbonyl (C=O) groups is 1. The second-order valence-corrected chi connectivity index (χ2v) is 10.7. The maximum atomic E-state index is 14.3. The number of anilines is 1. The summed E-state index contributed by atoms with van der Waals surface area (Å²) in [6.45, 7) is 4.31. The van der Waals surface area contributed by atoms with E-state index in [0.29, 0.717) is 17.8 Å². The number of hydrogen-bond acceptors (Lipinski definition) is 2. The van der Waals surface area contributed by atoms with Crippen LogP contribution < -0.4 is 5.32 Å². The lowest BCUT2D eigenvalue weighted by molar-refractivity contribution is 0.194. The molecule has 1 aliphatic carbocycles. The molecule has 0 saturated heterocycles. The van der Waals surface area contributed by atoms with Crippen molar-refractivity contribution in [1.29, 1.82) is 0 Å². The highest BCUT2D eigenvalue weighted by Crippen LogP contribution is 2.44. The molecule has 0 fully saturated rings. The average molecular weight is 486 g/mol. The molecule has 1 N–H and O–H groups in total. The maximum absolute atomic E-state index is 14.3. The van der Waals surface area contributed by atoms with Crippen LogP contribution in [0.3, 0.4) is 0 Å². The fraction of sp³-hybridized carbons (Fsp3) is 0.276. The quantitative estimate of drug-likeness (QED) is 0.318. The lowest BCUT2D eigenvalue weighted by atomic mass is 9.95. The molecule has 6 heteroatoms. The molecule has 2 aliphatic rings. The van der Waals surface area contributed by atoms with E-state index < -0.39 is 0 Å². The number of urea groups is 1. The summed E-state index contributed by atoms with van der Waals surface area (Å²) in [6.07, 6.45) is 6.70. The van der Waals surface area contributed by atoms with Gasteiger partial charge >= 0.3 is 6.03 Å². The minimum absolute atomic E-state index is 0.226. The zero-order valence-electron chi connectivity index (χ0n) is 20.0. The molecule has 6 rings (SSSR count). The molecule has 4 aromatic rings. The molecule has 1 aliphatic heterocycles. The highest BCUT2D eigenvalue weighted by Gasteiger charge is 2.36. The molecule has 0 radical (unpaired) electrons. The summed E-state index contributed by atoms with van der Waals surface area (Å²) in [7, 11) is 0. The molecule has 1 atom stereocenters. The van der Waals surface area contributed by atoms with Crippen LogP contribution in [0, 0.1) is 19.7 Å². The Morgan fingerprint density at radius 2 is 1.89 bits per heavy atom. The third-order valence-electron chi connectivity index (χ3n) is 7.22. The van der Waals surface area contributed by atoms with Crippen molar-refractivity contribution in [3.05, 3.63) is 105 Å². The third-order valence-corrected chi connectivity index (χ3v) is 8.55. The van der Waals surface area contributed by atoms with Gasteiger partial charge in [-0.2, -0.15) is 0 Å². The van der Waals surface area contributed by atoms with Crippen LogP contribution in [0.1, 0.15) is 57.3 Å². The van der Waals surface area contributed by atoms with E-state index in [1.54, 1.807) is 19.1 Å². The monoisotopic (exact) mass is 485 g/mol. The number of benzene rings is 2. The van der Waals surface area contributed by atoms with Gasteiger partial charge in [-0.1, -0.05) is 35.9 Å². The van der Waals surface area contributed by atoms with Gasteiger partial charge in [0.1, 0.15) is 10.8 Å². The average Bonchev–Trinajstić information content (AvgIpc) is 3.43. The molecule has 2 aromatic heterocycles. The highest BCUT2D eigenvalue weighted by atomic mass is 32.1. The van der Waals surface area contributed by atoms with Crippen molar-refractivity contribution < 1.29 is 9.18 Å². The van der Waals surface area contributed by atoms with Gasteiger partial charge in [0, 0.05) is 22.3 Å². The Morgan fingerprint density at radius 1 is 1.03 bits per heavy atom. The summed E-state index contributed by atoms with van der Waals surface area (Å²) in [5, 5.41) is 4.22. The summed E-state index contributed by atoms with van der Waals surface area (Å²) in [5.41, 5.74) is 6.98. The number of rotatable bonds is 2. The van der Waals surface area contributed by atoms with E-state index in [1.165, 1.54) is 39.9 Å². The number of carbonyl (C=O) groups excluding carboxylic acids is 1. The zero-order valence-corrected chi connectivity index (χ0v) is 20.8. The Bertz CT molecular complexity index is 1440. The van der Waals surface area contributed by atoms with Gasteiger partial charge < -0.3 is 14.8 Å². The van der Waals surface area contributed by atoms with Gasteiger partial charge in [-0.25, -0.2) is 9.18 Å². The standard InChI is InChI=1S/C29H28FN3OS/c1-18-7-5-8-20(15-18)27-25-10-6-14-32(25)28-23(22-9-3-4-11-26(22)35-28)17-33(27)29(34)31-21-13-12-19(2)24(30)16-21/h5-8,10,12-16,27H,3-4,9,11,17H2,1-2H3,(H,31,34). The predicted molar refractivity (Wildman–Crippen MR) is 139 cm³/mol. The molecule has 1 unspecified atom stereocenters. The molecule has 35 heavy (non-hydrogen) atoms. The molecule has 2 aromatic carbocycles. The fourth-order valence-corrected chi connectivity index (χ4v) is 6.85.